The monoisotopic (exact) mass is 405 g/mol. The Hall–Kier alpha value is -1.96. The number of thioether (sulfide) groups is 1. The fourth-order valence-corrected chi connectivity index (χ4v) is 4.22. The number of halogens is 1. The van der Waals surface area contributed by atoms with Crippen molar-refractivity contribution in [2.24, 2.45) is 0 Å². The molecule has 134 valence electrons. The van der Waals surface area contributed by atoms with Crippen molar-refractivity contribution in [1.82, 2.24) is 14.8 Å². The molecule has 8 heteroatoms. The zero-order valence-corrected chi connectivity index (χ0v) is 16.2. The van der Waals surface area contributed by atoms with Gasteiger partial charge in [0.25, 0.3) is 0 Å². The van der Waals surface area contributed by atoms with Crippen LogP contribution in [0, 0.1) is 4.77 Å². The van der Waals surface area contributed by atoms with Gasteiger partial charge in [0.15, 0.2) is 16.3 Å². The second-order valence-electron chi connectivity index (χ2n) is 5.69. The minimum absolute atomic E-state index is 0.549. The first-order chi connectivity index (χ1) is 12.7. The van der Waals surface area contributed by atoms with E-state index in [1.54, 1.807) is 11.8 Å². The Labute approximate surface area is 165 Å². The van der Waals surface area contributed by atoms with E-state index in [0.717, 1.165) is 39.3 Å². The molecule has 0 spiro atoms. The molecule has 0 atom stereocenters. The molecule has 0 aliphatic carbocycles. The van der Waals surface area contributed by atoms with Crippen molar-refractivity contribution in [3.63, 3.8) is 0 Å². The lowest BCUT2D eigenvalue weighted by Crippen LogP contribution is -2.15. The number of fused-ring (bicyclic) bond motifs is 1. The maximum atomic E-state index is 6.22. The van der Waals surface area contributed by atoms with Gasteiger partial charge in [0, 0.05) is 16.8 Å². The van der Waals surface area contributed by atoms with Gasteiger partial charge in [0.1, 0.15) is 19.0 Å². The summed E-state index contributed by atoms with van der Waals surface area (Å²) in [5.74, 6) is 3.84. The standard InChI is InChI=1S/C18H16ClN3O2S2/c19-14-4-2-1-3-12(14)10-26-11-17-20-21-18(25)22(17)13-5-6-15-16(9-13)24-8-7-23-15/h1-6,9H,7-8,10-11H2,(H,21,25). The lowest BCUT2D eigenvalue weighted by atomic mass is 10.2. The average Bonchev–Trinajstić information content (AvgIpc) is 3.03. The molecule has 4 rings (SSSR count). The molecule has 0 fully saturated rings. The number of H-pyrrole nitrogens is 1. The van der Waals surface area contributed by atoms with Gasteiger partial charge in [-0.1, -0.05) is 29.8 Å². The number of benzene rings is 2. The summed E-state index contributed by atoms with van der Waals surface area (Å²) in [6, 6.07) is 13.7. The van der Waals surface area contributed by atoms with Crippen molar-refractivity contribution in [3.05, 3.63) is 63.6 Å². The Kier molecular flexibility index (Phi) is 5.19. The van der Waals surface area contributed by atoms with E-state index < -0.39 is 0 Å². The van der Waals surface area contributed by atoms with E-state index in [-0.39, 0.29) is 0 Å². The van der Waals surface area contributed by atoms with Crippen LogP contribution in [0.3, 0.4) is 0 Å². The van der Waals surface area contributed by atoms with Gasteiger partial charge in [-0.3, -0.25) is 9.67 Å². The van der Waals surface area contributed by atoms with E-state index in [0.29, 0.717) is 23.7 Å². The van der Waals surface area contributed by atoms with Crippen molar-refractivity contribution in [2.45, 2.75) is 11.5 Å². The largest absolute Gasteiger partial charge is 0.486 e. The van der Waals surface area contributed by atoms with Crippen molar-refractivity contribution in [3.8, 4) is 17.2 Å². The molecular formula is C18H16ClN3O2S2. The van der Waals surface area contributed by atoms with Crippen LogP contribution in [0.4, 0.5) is 0 Å². The van der Waals surface area contributed by atoms with Gasteiger partial charge in [-0.05, 0) is 36.0 Å². The lowest BCUT2D eigenvalue weighted by Gasteiger charge is -2.19. The highest BCUT2D eigenvalue weighted by atomic mass is 35.5. The van der Waals surface area contributed by atoms with E-state index in [1.165, 1.54) is 0 Å². The molecule has 1 aromatic heterocycles. The summed E-state index contributed by atoms with van der Waals surface area (Å²) >= 11 is 13.4. The Morgan fingerprint density at radius 1 is 1.12 bits per heavy atom. The summed E-state index contributed by atoms with van der Waals surface area (Å²) in [7, 11) is 0. The zero-order chi connectivity index (χ0) is 17.9. The molecule has 1 aliphatic heterocycles. The zero-order valence-electron chi connectivity index (χ0n) is 13.8. The van der Waals surface area contributed by atoms with Crippen LogP contribution >= 0.6 is 35.6 Å². The molecule has 0 amide bonds. The van der Waals surface area contributed by atoms with Crippen LogP contribution in [0.25, 0.3) is 5.69 Å². The number of nitrogens with one attached hydrogen (secondary N) is 1. The third-order valence-electron chi connectivity index (χ3n) is 3.97. The second kappa shape index (κ2) is 7.73. The minimum atomic E-state index is 0.549. The Bertz CT molecular complexity index is 987. The Morgan fingerprint density at radius 3 is 2.77 bits per heavy atom. The highest BCUT2D eigenvalue weighted by Gasteiger charge is 2.15. The normalized spacial score (nSPS) is 13.0. The molecule has 0 unspecified atom stereocenters. The quantitative estimate of drug-likeness (QED) is 0.618. The molecule has 2 heterocycles. The van der Waals surface area contributed by atoms with Gasteiger partial charge in [-0.25, -0.2) is 0 Å². The van der Waals surface area contributed by atoms with Crippen LogP contribution in [0.5, 0.6) is 11.5 Å². The molecule has 2 aromatic carbocycles. The SMILES string of the molecule is S=c1[nH]nc(CSCc2ccccc2Cl)n1-c1ccc2c(c1)OCCO2. The Balaban J connectivity index is 1.54. The fourth-order valence-electron chi connectivity index (χ4n) is 2.73. The fraction of sp³-hybridized carbons (Fsp3) is 0.222. The van der Waals surface area contributed by atoms with Gasteiger partial charge in [-0.2, -0.15) is 5.10 Å². The maximum Gasteiger partial charge on any atom is 0.199 e. The van der Waals surface area contributed by atoms with Gasteiger partial charge in [0.2, 0.25) is 0 Å². The summed E-state index contributed by atoms with van der Waals surface area (Å²) in [5, 5.41) is 8.04. The number of aromatic nitrogens is 3. The number of hydrogen-bond acceptors (Lipinski definition) is 5. The van der Waals surface area contributed by atoms with Crippen molar-refractivity contribution < 1.29 is 9.47 Å². The summed E-state index contributed by atoms with van der Waals surface area (Å²) in [4.78, 5) is 0. The van der Waals surface area contributed by atoms with Gasteiger partial charge >= 0.3 is 0 Å². The first-order valence-electron chi connectivity index (χ1n) is 8.10. The van der Waals surface area contributed by atoms with Crippen LogP contribution < -0.4 is 9.47 Å². The summed E-state index contributed by atoms with van der Waals surface area (Å²) in [6.07, 6.45) is 0. The van der Waals surface area contributed by atoms with E-state index in [2.05, 4.69) is 10.2 Å². The molecule has 3 aromatic rings. The molecule has 1 N–H and O–H groups in total. The van der Waals surface area contributed by atoms with E-state index >= 15 is 0 Å². The van der Waals surface area contributed by atoms with Crippen molar-refractivity contribution in [2.75, 3.05) is 13.2 Å². The number of rotatable bonds is 5. The smallest absolute Gasteiger partial charge is 0.199 e. The lowest BCUT2D eigenvalue weighted by molar-refractivity contribution is 0.171. The number of aromatic amines is 1. The first-order valence-corrected chi connectivity index (χ1v) is 10.0. The van der Waals surface area contributed by atoms with Crippen LogP contribution in [-0.4, -0.2) is 28.0 Å². The van der Waals surface area contributed by atoms with Gasteiger partial charge in [-0.15, -0.1) is 11.8 Å². The highest BCUT2D eigenvalue weighted by Crippen LogP contribution is 2.32. The van der Waals surface area contributed by atoms with Crippen molar-refractivity contribution >= 4 is 35.6 Å². The molecule has 0 saturated heterocycles. The Morgan fingerprint density at radius 2 is 1.92 bits per heavy atom. The van der Waals surface area contributed by atoms with Crippen LogP contribution in [-0.2, 0) is 11.5 Å². The van der Waals surface area contributed by atoms with Crippen LogP contribution in [0.2, 0.25) is 5.02 Å². The molecule has 5 nitrogen and oxygen atoms in total. The van der Waals surface area contributed by atoms with Crippen LogP contribution in [0.1, 0.15) is 11.4 Å². The highest BCUT2D eigenvalue weighted by molar-refractivity contribution is 7.97. The number of ether oxygens (including phenoxy) is 2. The van der Waals surface area contributed by atoms with E-state index in [1.807, 2.05) is 47.0 Å². The van der Waals surface area contributed by atoms with Crippen molar-refractivity contribution in [1.29, 1.82) is 0 Å². The summed E-state index contributed by atoms with van der Waals surface area (Å²) < 4.78 is 13.7. The summed E-state index contributed by atoms with van der Waals surface area (Å²) in [5.41, 5.74) is 2.01. The molecule has 0 radical (unpaired) electrons. The maximum absolute atomic E-state index is 6.22. The van der Waals surface area contributed by atoms with Crippen LogP contribution in [0.15, 0.2) is 42.5 Å². The first kappa shape index (κ1) is 17.5. The molecule has 26 heavy (non-hydrogen) atoms. The predicted octanol–water partition coefficient (Wildman–Crippen LogP) is 4.79. The topological polar surface area (TPSA) is 52.1 Å². The third-order valence-corrected chi connectivity index (χ3v) is 5.59. The van der Waals surface area contributed by atoms with Gasteiger partial charge < -0.3 is 9.47 Å². The average molecular weight is 406 g/mol. The molecule has 1 aliphatic rings. The number of hydrogen-bond donors (Lipinski definition) is 1. The molecule has 0 bridgehead atoms. The summed E-state index contributed by atoms with van der Waals surface area (Å²) in [6.45, 7) is 1.12. The number of nitrogens with zero attached hydrogens (tertiary/aromatic N) is 2. The van der Waals surface area contributed by atoms with E-state index in [9.17, 15) is 0 Å². The molecule has 0 saturated carbocycles. The minimum Gasteiger partial charge on any atom is -0.486 e. The molecular weight excluding hydrogens is 390 g/mol. The third kappa shape index (κ3) is 3.60. The van der Waals surface area contributed by atoms with E-state index in [4.69, 9.17) is 33.3 Å². The second-order valence-corrected chi connectivity index (χ2v) is 7.47. The van der Waals surface area contributed by atoms with Gasteiger partial charge in [0.05, 0.1) is 11.4 Å². The predicted molar refractivity (Wildman–Crippen MR) is 106 cm³/mol.